The molecule has 2 nitrogen and oxygen atoms in total. The van der Waals surface area contributed by atoms with Crippen molar-refractivity contribution in [3.8, 4) is 0 Å². The standard InChI is InChI=1S/C24H50N2/c1-4-7-8-9-10-11-12-13-14-15-16-17-18-19-20-21-22-24(25,5-2)23-26-6-3/h13-14,26H,4-12,15-23,25H2,1-3H3. The van der Waals surface area contributed by atoms with Crippen molar-refractivity contribution in [3.05, 3.63) is 12.2 Å². The minimum absolute atomic E-state index is 0.0107. The Balaban J connectivity index is 3.34. The predicted molar refractivity (Wildman–Crippen MR) is 120 cm³/mol. The first-order chi connectivity index (χ1) is 12.7. The molecular formula is C24H50N2. The maximum Gasteiger partial charge on any atom is 0.0278 e. The Morgan fingerprint density at radius 3 is 1.69 bits per heavy atom. The summed E-state index contributed by atoms with van der Waals surface area (Å²) in [5.74, 6) is 0. The van der Waals surface area contributed by atoms with E-state index >= 15 is 0 Å². The van der Waals surface area contributed by atoms with E-state index in [-0.39, 0.29) is 5.54 Å². The quantitative estimate of drug-likeness (QED) is 0.178. The number of nitrogens with two attached hydrogens (primary N) is 1. The second kappa shape index (κ2) is 19.4. The summed E-state index contributed by atoms with van der Waals surface area (Å²) in [6, 6.07) is 0. The topological polar surface area (TPSA) is 38.0 Å². The number of hydrogen-bond donors (Lipinski definition) is 2. The Hall–Kier alpha value is -0.340. The zero-order valence-electron chi connectivity index (χ0n) is 18.5. The second-order valence-electron chi connectivity index (χ2n) is 8.18. The van der Waals surface area contributed by atoms with E-state index < -0.39 is 0 Å². The minimum Gasteiger partial charge on any atom is -0.324 e. The molecule has 0 saturated heterocycles. The molecule has 0 aliphatic rings. The monoisotopic (exact) mass is 366 g/mol. The molecule has 0 radical (unpaired) electrons. The fourth-order valence-corrected chi connectivity index (χ4v) is 3.49. The average Bonchev–Trinajstić information content (AvgIpc) is 2.66. The van der Waals surface area contributed by atoms with Gasteiger partial charge in [-0.1, -0.05) is 97.1 Å². The van der Waals surface area contributed by atoms with Crippen LogP contribution in [0.15, 0.2) is 12.2 Å². The van der Waals surface area contributed by atoms with Crippen molar-refractivity contribution in [2.45, 2.75) is 129 Å². The normalized spacial score (nSPS) is 14.2. The average molecular weight is 367 g/mol. The van der Waals surface area contributed by atoms with E-state index in [0.717, 1.165) is 25.9 Å². The van der Waals surface area contributed by atoms with Crippen LogP contribution in [0.2, 0.25) is 0 Å². The van der Waals surface area contributed by atoms with Crippen LogP contribution in [0.5, 0.6) is 0 Å². The third kappa shape index (κ3) is 17.1. The first-order valence-electron chi connectivity index (χ1n) is 11.8. The molecular weight excluding hydrogens is 316 g/mol. The molecule has 0 amide bonds. The minimum atomic E-state index is 0.0107. The Kier molecular flexibility index (Phi) is 19.2. The summed E-state index contributed by atoms with van der Waals surface area (Å²) < 4.78 is 0. The van der Waals surface area contributed by atoms with E-state index in [9.17, 15) is 0 Å². The van der Waals surface area contributed by atoms with Gasteiger partial charge in [0.05, 0.1) is 0 Å². The van der Waals surface area contributed by atoms with Crippen LogP contribution in [0.4, 0.5) is 0 Å². The van der Waals surface area contributed by atoms with Crippen molar-refractivity contribution < 1.29 is 0 Å². The van der Waals surface area contributed by atoms with Gasteiger partial charge in [0.25, 0.3) is 0 Å². The van der Waals surface area contributed by atoms with Crippen molar-refractivity contribution in [2.24, 2.45) is 5.73 Å². The van der Waals surface area contributed by atoms with E-state index in [4.69, 9.17) is 5.73 Å². The highest BCUT2D eigenvalue weighted by atomic mass is 14.9. The first-order valence-corrected chi connectivity index (χ1v) is 11.8. The number of likely N-dealkylation sites (N-methyl/N-ethyl adjacent to an activating group) is 1. The van der Waals surface area contributed by atoms with E-state index in [0.29, 0.717) is 0 Å². The third-order valence-corrected chi connectivity index (χ3v) is 5.62. The number of rotatable bonds is 20. The fourth-order valence-electron chi connectivity index (χ4n) is 3.49. The van der Waals surface area contributed by atoms with Crippen LogP contribution in [-0.4, -0.2) is 18.6 Å². The van der Waals surface area contributed by atoms with Gasteiger partial charge in [0.15, 0.2) is 0 Å². The molecule has 0 aromatic rings. The van der Waals surface area contributed by atoms with E-state index in [1.807, 2.05) is 0 Å². The Morgan fingerprint density at radius 1 is 0.692 bits per heavy atom. The third-order valence-electron chi connectivity index (χ3n) is 5.62. The van der Waals surface area contributed by atoms with Gasteiger partial charge in [0, 0.05) is 12.1 Å². The van der Waals surface area contributed by atoms with Crippen LogP contribution in [-0.2, 0) is 0 Å². The van der Waals surface area contributed by atoms with Crippen LogP contribution in [0, 0.1) is 0 Å². The smallest absolute Gasteiger partial charge is 0.0278 e. The van der Waals surface area contributed by atoms with Crippen LogP contribution < -0.4 is 11.1 Å². The lowest BCUT2D eigenvalue weighted by molar-refractivity contribution is 0.344. The van der Waals surface area contributed by atoms with Crippen LogP contribution in [0.1, 0.15) is 124 Å². The van der Waals surface area contributed by atoms with E-state index in [1.54, 1.807) is 0 Å². The lowest BCUT2D eigenvalue weighted by Crippen LogP contribution is -2.48. The molecule has 1 unspecified atom stereocenters. The molecule has 0 spiro atoms. The molecule has 156 valence electrons. The first kappa shape index (κ1) is 25.7. The summed E-state index contributed by atoms with van der Waals surface area (Å²) >= 11 is 0. The van der Waals surface area contributed by atoms with Crippen molar-refractivity contribution in [3.63, 3.8) is 0 Å². The van der Waals surface area contributed by atoms with Crippen molar-refractivity contribution in [1.29, 1.82) is 0 Å². The maximum atomic E-state index is 6.47. The Labute approximate surface area is 165 Å². The molecule has 0 bridgehead atoms. The van der Waals surface area contributed by atoms with Gasteiger partial charge in [-0.25, -0.2) is 0 Å². The molecule has 3 N–H and O–H groups in total. The molecule has 26 heavy (non-hydrogen) atoms. The lowest BCUT2D eigenvalue weighted by Gasteiger charge is -2.28. The molecule has 0 aromatic heterocycles. The van der Waals surface area contributed by atoms with Gasteiger partial charge in [0.1, 0.15) is 0 Å². The molecule has 1 atom stereocenters. The molecule has 0 aliphatic carbocycles. The number of unbranched alkanes of at least 4 members (excludes halogenated alkanes) is 12. The zero-order valence-corrected chi connectivity index (χ0v) is 18.5. The summed E-state index contributed by atoms with van der Waals surface area (Å²) in [7, 11) is 0. The predicted octanol–water partition coefficient (Wildman–Crippen LogP) is 7.13. The van der Waals surface area contributed by atoms with Gasteiger partial charge in [-0.2, -0.15) is 0 Å². The van der Waals surface area contributed by atoms with Crippen molar-refractivity contribution in [2.75, 3.05) is 13.1 Å². The highest BCUT2D eigenvalue weighted by molar-refractivity contribution is 4.84. The number of hydrogen-bond acceptors (Lipinski definition) is 2. The second-order valence-corrected chi connectivity index (χ2v) is 8.18. The Bertz CT molecular complexity index is 301. The van der Waals surface area contributed by atoms with Crippen molar-refractivity contribution in [1.82, 2.24) is 5.32 Å². The summed E-state index contributed by atoms with van der Waals surface area (Å²) in [6.07, 6.45) is 26.2. The SMILES string of the molecule is CCCCCCCCC=CCCCCCCCCC(N)(CC)CNCC. The summed E-state index contributed by atoms with van der Waals surface area (Å²) in [6.45, 7) is 8.64. The molecule has 0 rings (SSSR count). The van der Waals surface area contributed by atoms with Crippen LogP contribution in [0.3, 0.4) is 0 Å². The molecule has 0 saturated carbocycles. The van der Waals surface area contributed by atoms with Gasteiger partial charge >= 0.3 is 0 Å². The maximum absolute atomic E-state index is 6.47. The highest BCUT2D eigenvalue weighted by Gasteiger charge is 2.20. The Morgan fingerprint density at radius 2 is 1.19 bits per heavy atom. The van der Waals surface area contributed by atoms with Crippen LogP contribution >= 0.6 is 0 Å². The summed E-state index contributed by atoms with van der Waals surface area (Å²) in [5.41, 5.74) is 6.48. The molecule has 0 fully saturated rings. The molecule has 2 heteroatoms. The fraction of sp³-hybridized carbons (Fsp3) is 0.917. The van der Waals surface area contributed by atoms with Gasteiger partial charge in [-0.3, -0.25) is 0 Å². The van der Waals surface area contributed by atoms with E-state index in [1.165, 1.54) is 89.9 Å². The molecule has 0 aromatic carbocycles. The van der Waals surface area contributed by atoms with E-state index in [2.05, 4.69) is 38.2 Å². The summed E-state index contributed by atoms with van der Waals surface area (Å²) in [4.78, 5) is 0. The van der Waals surface area contributed by atoms with Crippen LogP contribution in [0.25, 0.3) is 0 Å². The largest absolute Gasteiger partial charge is 0.324 e. The number of allylic oxidation sites excluding steroid dienone is 2. The zero-order chi connectivity index (χ0) is 19.3. The summed E-state index contributed by atoms with van der Waals surface area (Å²) in [5, 5.41) is 3.41. The van der Waals surface area contributed by atoms with Crippen molar-refractivity contribution >= 4 is 0 Å². The van der Waals surface area contributed by atoms with Gasteiger partial charge in [0.2, 0.25) is 0 Å². The van der Waals surface area contributed by atoms with Gasteiger partial charge < -0.3 is 11.1 Å². The molecule has 0 heterocycles. The van der Waals surface area contributed by atoms with Gasteiger partial charge in [-0.05, 0) is 45.1 Å². The van der Waals surface area contributed by atoms with Gasteiger partial charge in [-0.15, -0.1) is 0 Å². The highest BCUT2D eigenvalue weighted by Crippen LogP contribution is 2.17. The lowest BCUT2D eigenvalue weighted by atomic mass is 9.90. The number of nitrogens with one attached hydrogen (secondary N) is 1. The molecule has 0 aliphatic heterocycles.